The van der Waals surface area contributed by atoms with E-state index in [-0.39, 0.29) is 33.1 Å². The summed E-state index contributed by atoms with van der Waals surface area (Å²) in [5, 5.41) is 0. The van der Waals surface area contributed by atoms with Crippen molar-refractivity contribution in [2.75, 3.05) is 62.0 Å². The fourth-order valence-electron chi connectivity index (χ4n) is 4.62. The molecular weight excluding hydrogens is 691 g/mol. The van der Waals surface area contributed by atoms with E-state index < -0.39 is 0 Å². The maximum Gasteiger partial charge on any atom is 0.0634 e. The Morgan fingerprint density at radius 1 is 0.789 bits per heavy atom. The molecule has 1 fully saturated rings. The first-order valence-corrected chi connectivity index (χ1v) is 13.7. The third-order valence-corrected chi connectivity index (χ3v) is 7.89. The van der Waals surface area contributed by atoms with E-state index >= 15 is 0 Å². The molecule has 1 unspecified atom stereocenters. The Kier molecular flexibility index (Phi) is 11.3. The second-order valence-corrected chi connectivity index (χ2v) is 11.1. The number of hydrogen-bond acceptors (Lipinski definition) is 7. The van der Waals surface area contributed by atoms with E-state index in [1.54, 1.807) is 0 Å². The molecule has 8 heteroatoms. The molecule has 1 saturated heterocycles. The largest absolute Gasteiger partial charge is 0.800 e. The second-order valence-electron chi connectivity index (χ2n) is 9.86. The standard InChI is InChI=1S/C30H39N5S2.Au/c1-22(24-6-14-29(15-7-24)34-18-20-35(21-19-34)30(36)37)31-26-10-16-28(17-11-26)33(5)23(2)25-8-12-27(13-9-25)32(3)4;/h6-17,23,30,36-37H,18-21H2,1-5H3;/p-2. The molecule has 0 N–H and O–H groups in total. The fourth-order valence-corrected chi connectivity index (χ4v) is 5.04. The molecular formula is C30H37AuN5S2-2. The van der Waals surface area contributed by atoms with Crippen LogP contribution in [0, 0.1) is 0 Å². The Bertz CT molecular complexity index is 1170. The monoisotopic (exact) mass is 728 g/mol. The van der Waals surface area contributed by atoms with Crippen LogP contribution in [0.2, 0.25) is 0 Å². The van der Waals surface area contributed by atoms with E-state index in [2.05, 4.69) is 127 Å². The van der Waals surface area contributed by atoms with Crippen molar-refractivity contribution in [1.82, 2.24) is 4.90 Å². The van der Waals surface area contributed by atoms with Gasteiger partial charge in [-0.05, 0) is 73.5 Å². The van der Waals surface area contributed by atoms with Crippen LogP contribution in [-0.4, -0.2) is 62.6 Å². The molecule has 3 aromatic rings. The van der Waals surface area contributed by atoms with E-state index in [4.69, 9.17) is 30.2 Å². The topological polar surface area (TPSA) is 25.3 Å². The van der Waals surface area contributed by atoms with E-state index in [1.165, 1.54) is 22.6 Å². The average Bonchev–Trinajstić information content (AvgIpc) is 2.93. The molecule has 1 aliphatic heterocycles. The number of piperazine rings is 1. The first kappa shape index (κ1) is 30.7. The predicted octanol–water partition coefficient (Wildman–Crippen LogP) is 5.59. The molecule has 5 nitrogen and oxygen atoms in total. The molecule has 1 heterocycles. The van der Waals surface area contributed by atoms with Crippen molar-refractivity contribution in [3.05, 3.63) is 83.9 Å². The van der Waals surface area contributed by atoms with E-state index in [0.717, 1.165) is 43.1 Å². The van der Waals surface area contributed by atoms with Gasteiger partial charge in [0, 0.05) is 92.5 Å². The molecule has 0 bridgehead atoms. The van der Waals surface area contributed by atoms with Gasteiger partial charge in [0.1, 0.15) is 0 Å². The van der Waals surface area contributed by atoms with Crippen molar-refractivity contribution in [3.8, 4) is 0 Å². The number of rotatable bonds is 8. The van der Waals surface area contributed by atoms with E-state index in [9.17, 15) is 0 Å². The van der Waals surface area contributed by atoms with Crippen molar-refractivity contribution in [2.24, 2.45) is 4.99 Å². The Balaban J connectivity index is 0.00000400. The minimum absolute atomic E-state index is 0. The summed E-state index contributed by atoms with van der Waals surface area (Å²) < 4.78 is -0.207. The molecule has 1 atom stereocenters. The predicted molar refractivity (Wildman–Crippen MR) is 165 cm³/mol. The van der Waals surface area contributed by atoms with Crippen LogP contribution in [0.3, 0.4) is 0 Å². The minimum atomic E-state index is -0.207. The van der Waals surface area contributed by atoms with Crippen molar-refractivity contribution in [3.63, 3.8) is 0 Å². The molecule has 0 aromatic heterocycles. The number of hydrogen-bond donors (Lipinski definition) is 0. The van der Waals surface area contributed by atoms with Crippen LogP contribution in [0.5, 0.6) is 0 Å². The Morgan fingerprint density at radius 2 is 1.34 bits per heavy atom. The average molecular weight is 729 g/mol. The smallest absolute Gasteiger partial charge is 0.0634 e. The summed E-state index contributed by atoms with van der Waals surface area (Å²) in [7, 11) is 6.27. The SMILES string of the molecule is CC(=Nc1ccc(N(C)C(C)c2ccc(N(C)C)cc2)cc1)c1ccc(N2CCN(C([S-])[S-])CC2)cc1.[Au]. The van der Waals surface area contributed by atoms with Crippen LogP contribution in [0.25, 0.3) is 0 Å². The second kappa shape index (κ2) is 14.0. The Labute approximate surface area is 255 Å². The van der Waals surface area contributed by atoms with Gasteiger partial charge < -0.3 is 44.9 Å². The van der Waals surface area contributed by atoms with E-state index in [0.29, 0.717) is 0 Å². The molecule has 1 aliphatic rings. The fraction of sp³-hybridized carbons (Fsp3) is 0.367. The van der Waals surface area contributed by atoms with Crippen molar-refractivity contribution >= 4 is 53.7 Å². The summed E-state index contributed by atoms with van der Waals surface area (Å²) in [6.45, 7) is 8.06. The van der Waals surface area contributed by atoms with Gasteiger partial charge in [0.2, 0.25) is 0 Å². The van der Waals surface area contributed by atoms with Crippen molar-refractivity contribution in [1.29, 1.82) is 0 Å². The van der Waals surface area contributed by atoms with Gasteiger partial charge in [-0.15, -0.1) is 0 Å². The summed E-state index contributed by atoms with van der Waals surface area (Å²) in [5.41, 5.74) is 8.01. The zero-order chi connectivity index (χ0) is 26.5. The molecule has 38 heavy (non-hydrogen) atoms. The van der Waals surface area contributed by atoms with Gasteiger partial charge in [-0.3, -0.25) is 4.99 Å². The molecule has 0 saturated carbocycles. The molecule has 4 rings (SSSR count). The summed E-state index contributed by atoms with van der Waals surface area (Å²) in [4.78, 5) is 13.9. The van der Waals surface area contributed by atoms with Gasteiger partial charge >= 0.3 is 0 Å². The maximum atomic E-state index is 5.22. The zero-order valence-electron chi connectivity index (χ0n) is 22.8. The summed E-state index contributed by atoms with van der Waals surface area (Å²) in [6.07, 6.45) is 0. The molecule has 0 spiro atoms. The summed E-state index contributed by atoms with van der Waals surface area (Å²) in [6, 6.07) is 26.2. The third-order valence-electron chi connectivity index (χ3n) is 7.29. The van der Waals surface area contributed by atoms with Gasteiger partial charge in [-0.2, -0.15) is 0 Å². The number of benzene rings is 3. The van der Waals surface area contributed by atoms with E-state index in [1.807, 2.05) is 0 Å². The zero-order valence-corrected chi connectivity index (χ0v) is 26.6. The third kappa shape index (κ3) is 7.62. The van der Waals surface area contributed by atoms with Crippen molar-refractivity contribution in [2.45, 2.75) is 24.6 Å². The van der Waals surface area contributed by atoms with Crippen LogP contribution in [0.4, 0.5) is 22.7 Å². The Hall–Kier alpha value is -1.87. The molecule has 0 aliphatic carbocycles. The van der Waals surface area contributed by atoms with Crippen LogP contribution < -0.4 is 14.7 Å². The summed E-state index contributed by atoms with van der Waals surface area (Å²) >= 11 is 10.4. The van der Waals surface area contributed by atoms with Gasteiger partial charge in [-0.1, -0.05) is 24.3 Å². The maximum absolute atomic E-state index is 5.22. The quantitative estimate of drug-likeness (QED) is 0.171. The van der Waals surface area contributed by atoms with Gasteiger partial charge in [-0.25, -0.2) is 4.71 Å². The molecule has 3 aromatic carbocycles. The minimum Gasteiger partial charge on any atom is -0.800 e. The van der Waals surface area contributed by atoms with Crippen LogP contribution in [0.15, 0.2) is 77.8 Å². The number of anilines is 3. The normalized spacial score (nSPS) is 15.3. The van der Waals surface area contributed by atoms with Crippen LogP contribution in [-0.2, 0) is 47.6 Å². The number of nitrogens with zero attached hydrogens (tertiary/aromatic N) is 5. The first-order valence-electron chi connectivity index (χ1n) is 12.8. The van der Waals surface area contributed by atoms with Crippen LogP contribution >= 0.6 is 0 Å². The van der Waals surface area contributed by atoms with Gasteiger partial charge in [0.25, 0.3) is 0 Å². The van der Waals surface area contributed by atoms with Crippen LogP contribution in [0.1, 0.15) is 31.0 Å². The molecule has 0 amide bonds. The molecule has 1 radical (unpaired) electrons. The van der Waals surface area contributed by atoms with Crippen molar-refractivity contribution < 1.29 is 22.4 Å². The summed E-state index contributed by atoms with van der Waals surface area (Å²) in [5.74, 6) is 0. The number of aliphatic imine (C=N–C) groups is 1. The van der Waals surface area contributed by atoms with Gasteiger partial charge in [0.15, 0.2) is 0 Å². The Morgan fingerprint density at radius 3 is 1.87 bits per heavy atom. The van der Waals surface area contributed by atoms with Gasteiger partial charge in [0.05, 0.1) is 11.7 Å². The molecule has 207 valence electrons. The first-order chi connectivity index (χ1) is 17.7.